The van der Waals surface area contributed by atoms with E-state index in [1.54, 1.807) is 23.8 Å². The van der Waals surface area contributed by atoms with Gasteiger partial charge in [-0.15, -0.1) is 0 Å². The number of rotatable bonds is 7. The Morgan fingerprint density at radius 1 is 1.38 bits per heavy atom. The first-order valence-electron chi connectivity index (χ1n) is 6.80. The van der Waals surface area contributed by atoms with E-state index in [1.807, 2.05) is 18.4 Å². The van der Waals surface area contributed by atoms with Crippen LogP contribution in [0, 0.1) is 0 Å². The maximum Gasteiger partial charge on any atom is 0.252 e. The van der Waals surface area contributed by atoms with Crippen LogP contribution in [0.25, 0.3) is 0 Å². The van der Waals surface area contributed by atoms with Crippen molar-refractivity contribution in [2.45, 2.75) is 25.8 Å². The van der Waals surface area contributed by atoms with E-state index in [0.717, 1.165) is 5.76 Å². The van der Waals surface area contributed by atoms with Crippen LogP contribution in [0.2, 0.25) is 0 Å². The second-order valence-corrected chi connectivity index (χ2v) is 5.46. The van der Waals surface area contributed by atoms with Crippen molar-refractivity contribution in [3.8, 4) is 0 Å². The van der Waals surface area contributed by atoms with Gasteiger partial charge in [-0.2, -0.15) is 11.3 Å². The van der Waals surface area contributed by atoms with Crippen LogP contribution in [0.1, 0.15) is 41.9 Å². The lowest BCUT2D eigenvalue weighted by atomic mass is 10.2. The third-order valence-electron chi connectivity index (χ3n) is 3.00. The minimum Gasteiger partial charge on any atom is -0.467 e. The molecule has 5 nitrogen and oxygen atoms in total. The van der Waals surface area contributed by atoms with Gasteiger partial charge in [0.15, 0.2) is 0 Å². The number of hydrogen-bond acceptors (Lipinski definition) is 4. The molecule has 2 aromatic heterocycles. The van der Waals surface area contributed by atoms with Crippen LogP contribution in [0.15, 0.2) is 39.6 Å². The molecule has 0 aromatic carbocycles. The standard InChI is InChI=1S/C15H18N2O3S/c1-11(13-4-3-8-20-13)17-14(18)5-2-7-16-15(19)12-6-9-21-10-12/h3-4,6,8-11H,2,5,7H2,1H3,(H,16,19)(H,17,18). The lowest BCUT2D eigenvalue weighted by Crippen LogP contribution is -2.28. The maximum absolute atomic E-state index is 11.8. The summed E-state index contributed by atoms with van der Waals surface area (Å²) < 4.78 is 5.22. The topological polar surface area (TPSA) is 71.3 Å². The lowest BCUT2D eigenvalue weighted by molar-refractivity contribution is -0.121. The first-order chi connectivity index (χ1) is 10.2. The summed E-state index contributed by atoms with van der Waals surface area (Å²) in [6.07, 6.45) is 2.56. The van der Waals surface area contributed by atoms with Gasteiger partial charge in [0.05, 0.1) is 12.3 Å². The average molecular weight is 306 g/mol. The van der Waals surface area contributed by atoms with Crippen LogP contribution in [0.5, 0.6) is 0 Å². The summed E-state index contributed by atoms with van der Waals surface area (Å²) >= 11 is 1.48. The third-order valence-corrected chi connectivity index (χ3v) is 3.68. The Morgan fingerprint density at radius 2 is 2.24 bits per heavy atom. The van der Waals surface area contributed by atoms with Gasteiger partial charge >= 0.3 is 0 Å². The summed E-state index contributed by atoms with van der Waals surface area (Å²) in [4.78, 5) is 23.4. The molecule has 1 atom stereocenters. The molecule has 2 rings (SSSR count). The summed E-state index contributed by atoms with van der Waals surface area (Å²) in [6.45, 7) is 2.35. The molecule has 112 valence electrons. The van der Waals surface area contributed by atoms with E-state index < -0.39 is 0 Å². The quantitative estimate of drug-likeness (QED) is 0.773. The summed E-state index contributed by atoms with van der Waals surface area (Å²) in [5.74, 6) is 0.582. The van der Waals surface area contributed by atoms with Crippen molar-refractivity contribution in [2.24, 2.45) is 0 Å². The van der Waals surface area contributed by atoms with E-state index in [9.17, 15) is 9.59 Å². The van der Waals surface area contributed by atoms with E-state index in [-0.39, 0.29) is 17.9 Å². The highest BCUT2D eigenvalue weighted by molar-refractivity contribution is 7.08. The molecule has 0 spiro atoms. The summed E-state index contributed by atoms with van der Waals surface area (Å²) in [5, 5.41) is 9.30. The molecule has 2 amide bonds. The van der Waals surface area contributed by atoms with Crippen LogP contribution >= 0.6 is 11.3 Å². The van der Waals surface area contributed by atoms with Crippen LogP contribution in [-0.2, 0) is 4.79 Å². The van der Waals surface area contributed by atoms with Crippen molar-refractivity contribution in [1.29, 1.82) is 0 Å². The monoisotopic (exact) mass is 306 g/mol. The fourth-order valence-corrected chi connectivity index (χ4v) is 2.50. The highest BCUT2D eigenvalue weighted by Gasteiger charge is 2.11. The van der Waals surface area contributed by atoms with Gasteiger partial charge < -0.3 is 15.1 Å². The second-order valence-electron chi connectivity index (χ2n) is 4.68. The Bertz CT molecular complexity index is 564. The number of thiophene rings is 1. The Hall–Kier alpha value is -2.08. The van der Waals surface area contributed by atoms with E-state index in [0.29, 0.717) is 24.9 Å². The number of carbonyl (C=O) groups excluding carboxylic acids is 2. The van der Waals surface area contributed by atoms with Crippen molar-refractivity contribution in [2.75, 3.05) is 6.54 Å². The molecule has 0 fully saturated rings. The van der Waals surface area contributed by atoms with Crippen molar-refractivity contribution >= 4 is 23.2 Å². The van der Waals surface area contributed by atoms with Crippen molar-refractivity contribution in [1.82, 2.24) is 10.6 Å². The van der Waals surface area contributed by atoms with Gasteiger partial charge in [0.25, 0.3) is 5.91 Å². The smallest absolute Gasteiger partial charge is 0.252 e. The lowest BCUT2D eigenvalue weighted by Gasteiger charge is -2.11. The van der Waals surface area contributed by atoms with Gasteiger partial charge in [-0.05, 0) is 36.9 Å². The van der Waals surface area contributed by atoms with Crippen LogP contribution in [0.3, 0.4) is 0 Å². The fraction of sp³-hybridized carbons (Fsp3) is 0.333. The summed E-state index contributed by atoms with van der Waals surface area (Å²) in [5.41, 5.74) is 0.663. The molecule has 0 saturated carbocycles. The maximum atomic E-state index is 11.8. The molecule has 2 aromatic rings. The molecule has 2 N–H and O–H groups in total. The molecule has 21 heavy (non-hydrogen) atoms. The van der Waals surface area contributed by atoms with Crippen molar-refractivity contribution < 1.29 is 14.0 Å². The highest BCUT2D eigenvalue weighted by Crippen LogP contribution is 2.12. The number of amides is 2. The van der Waals surface area contributed by atoms with Crippen molar-refractivity contribution in [3.63, 3.8) is 0 Å². The Labute approximate surface area is 127 Å². The molecule has 0 radical (unpaired) electrons. The second kappa shape index (κ2) is 7.64. The summed E-state index contributed by atoms with van der Waals surface area (Å²) in [7, 11) is 0. The predicted molar refractivity (Wildman–Crippen MR) is 81.2 cm³/mol. The van der Waals surface area contributed by atoms with Gasteiger partial charge in [0.1, 0.15) is 5.76 Å². The molecule has 1 unspecified atom stereocenters. The molecule has 2 heterocycles. The fourth-order valence-electron chi connectivity index (χ4n) is 1.87. The molecule has 6 heteroatoms. The predicted octanol–water partition coefficient (Wildman–Crippen LogP) is 2.73. The number of nitrogens with one attached hydrogen (secondary N) is 2. The Balaban J connectivity index is 1.62. The van der Waals surface area contributed by atoms with E-state index in [2.05, 4.69) is 10.6 Å². The molecule has 0 aliphatic carbocycles. The van der Waals surface area contributed by atoms with Crippen LogP contribution in [0.4, 0.5) is 0 Å². The van der Waals surface area contributed by atoms with Gasteiger partial charge in [-0.25, -0.2) is 0 Å². The third kappa shape index (κ3) is 4.75. The highest BCUT2D eigenvalue weighted by atomic mass is 32.1. The summed E-state index contributed by atoms with van der Waals surface area (Å²) in [6, 6.07) is 5.25. The molecular weight excluding hydrogens is 288 g/mol. The average Bonchev–Trinajstić information content (AvgIpc) is 3.15. The van der Waals surface area contributed by atoms with E-state index in [4.69, 9.17) is 4.42 Å². The van der Waals surface area contributed by atoms with Gasteiger partial charge in [0.2, 0.25) is 5.91 Å². The first kappa shape index (κ1) is 15.3. The number of hydrogen-bond donors (Lipinski definition) is 2. The van der Waals surface area contributed by atoms with E-state index >= 15 is 0 Å². The molecule has 0 aliphatic heterocycles. The van der Waals surface area contributed by atoms with Gasteiger partial charge in [0, 0.05) is 23.9 Å². The minimum absolute atomic E-state index is 0.0521. The Kier molecular flexibility index (Phi) is 5.57. The van der Waals surface area contributed by atoms with Gasteiger partial charge in [-0.3, -0.25) is 9.59 Å². The molecular formula is C15H18N2O3S. The largest absolute Gasteiger partial charge is 0.467 e. The van der Waals surface area contributed by atoms with Crippen LogP contribution in [-0.4, -0.2) is 18.4 Å². The normalized spacial score (nSPS) is 11.9. The number of carbonyl (C=O) groups is 2. The zero-order valence-electron chi connectivity index (χ0n) is 11.8. The molecule has 0 aliphatic rings. The van der Waals surface area contributed by atoms with Crippen molar-refractivity contribution in [3.05, 3.63) is 46.5 Å². The minimum atomic E-state index is -0.145. The molecule has 0 bridgehead atoms. The SMILES string of the molecule is CC(NC(=O)CCCNC(=O)c1ccsc1)c1ccco1. The van der Waals surface area contributed by atoms with E-state index in [1.165, 1.54) is 11.3 Å². The Morgan fingerprint density at radius 3 is 2.90 bits per heavy atom. The zero-order valence-corrected chi connectivity index (χ0v) is 12.6. The zero-order chi connectivity index (χ0) is 15.1. The first-order valence-corrected chi connectivity index (χ1v) is 7.74. The molecule has 0 saturated heterocycles. The van der Waals surface area contributed by atoms with Crippen LogP contribution < -0.4 is 10.6 Å². The number of furan rings is 1. The van der Waals surface area contributed by atoms with Gasteiger partial charge in [-0.1, -0.05) is 0 Å².